The maximum Gasteiger partial charge on any atom is 0.223 e. The molecule has 0 saturated carbocycles. The summed E-state index contributed by atoms with van der Waals surface area (Å²) in [6.07, 6.45) is 2.66. The lowest BCUT2D eigenvalue weighted by Crippen LogP contribution is -2.42. The number of pyridine rings is 1. The Morgan fingerprint density at radius 2 is 2.05 bits per heavy atom. The predicted molar refractivity (Wildman–Crippen MR) is 147 cm³/mol. The van der Waals surface area contributed by atoms with Crippen LogP contribution in [-0.4, -0.2) is 63.0 Å². The Morgan fingerprint density at radius 1 is 1.28 bits per heavy atom. The van der Waals surface area contributed by atoms with Crippen molar-refractivity contribution < 1.29 is 14.2 Å². The molecule has 2 aliphatic rings. The molecule has 0 spiro atoms. The first-order chi connectivity index (χ1) is 18.8. The van der Waals surface area contributed by atoms with E-state index in [0.717, 1.165) is 43.3 Å². The number of ether oxygens (including phenoxy) is 1. The van der Waals surface area contributed by atoms with Crippen LogP contribution < -0.4 is 10.7 Å². The van der Waals surface area contributed by atoms with E-state index < -0.39 is 11.9 Å². The molecule has 0 radical (unpaired) electrons. The molecule has 2 fully saturated rings. The molecule has 4 heterocycles. The fourth-order valence-electron chi connectivity index (χ4n) is 5.64. The fraction of sp³-hybridized carbons (Fsp3) is 0.517. The van der Waals surface area contributed by atoms with Crippen LogP contribution in [0.25, 0.3) is 22.2 Å². The third-order valence-electron chi connectivity index (χ3n) is 7.88. The highest BCUT2D eigenvalue weighted by Gasteiger charge is 2.26. The zero-order valence-electron chi connectivity index (χ0n) is 22.7. The second kappa shape index (κ2) is 11.4. The Morgan fingerprint density at radius 3 is 2.74 bits per heavy atom. The minimum absolute atomic E-state index is 0.0330. The van der Waals surface area contributed by atoms with Crippen molar-refractivity contribution in [2.75, 3.05) is 31.6 Å². The van der Waals surface area contributed by atoms with Crippen LogP contribution in [0.15, 0.2) is 29.2 Å². The number of rotatable bonds is 6. The van der Waals surface area contributed by atoms with Crippen LogP contribution in [0.2, 0.25) is 0 Å². The number of likely N-dealkylation sites (tertiary alicyclic amines) is 1. The maximum atomic E-state index is 15.0. The number of nitriles is 1. The van der Waals surface area contributed by atoms with Gasteiger partial charge in [0.25, 0.3) is 0 Å². The molecule has 0 unspecified atom stereocenters. The molecule has 2 aromatic heterocycles. The Balaban J connectivity index is 1.54. The monoisotopic (exact) mass is 534 g/mol. The number of fused-ring (bicyclic) bond motifs is 1. The van der Waals surface area contributed by atoms with E-state index in [1.54, 1.807) is 12.1 Å². The topological polar surface area (TPSA) is 116 Å². The molecule has 0 aliphatic carbocycles. The number of nitrogens with zero attached hydrogens (tertiary/aromatic N) is 5. The number of benzene rings is 1. The van der Waals surface area contributed by atoms with Crippen molar-refractivity contribution >= 4 is 16.9 Å². The number of hydrogen-bond acceptors (Lipinski definition) is 8. The van der Waals surface area contributed by atoms with Crippen LogP contribution in [0.3, 0.4) is 0 Å². The summed E-state index contributed by atoms with van der Waals surface area (Å²) >= 11 is 0. The summed E-state index contributed by atoms with van der Waals surface area (Å²) in [5.41, 5.74) is 3.01. The molecule has 2 saturated heterocycles. The average Bonchev–Trinajstić information content (AvgIpc) is 2.94. The lowest BCUT2D eigenvalue weighted by Gasteiger charge is -2.32. The van der Waals surface area contributed by atoms with E-state index in [2.05, 4.69) is 44.7 Å². The molecule has 10 heteroatoms. The number of anilines is 1. The van der Waals surface area contributed by atoms with Crippen LogP contribution in [0.4, 0.5) is 10.3 Å². The summed E-state index contributed by atoms with van der Waals surface area (Å²) in [6, 6.07) is 7.44. The first-order valence-electron chi connectivity index (χ1n) is 13.6. The highest BCUT2D eigenvalue weighted by molar-refractivity contribution is 5.85. The summed E-state index contributed by atoms with van der Waals surface area (Å²) in [7, 11) is 0. The van der Waals surface area contributed by atoms with Crippen LogP contribution in [-0.2, 0) is 11.3 Å². The standard InChI is InChI=1S/C29H35FN6O3/c1-17(2)36-24-12-20(27-22(30)14-32-29(34-27)33-23-8-11-39-16-26(23)37)4-5-21(24)28(38)18(3)25(36)15-35-9-6-19(13-31)7-10-35/h4-5,12,14,17,19,23,26,37H,6-11,15-16H2,1-3H3,(H,32,33,34)/t23-,26-/m1/s1. The van der Waals surface area contributed by atoms with Gasteiger partial charge in [0.15, 0.2) is 11.2 Å². The van der Waals surface area contributed by atoms with Crippen molar-refractivity contribution in [1.82, 2.24) is 19.4 Å². The molecular formula is C29H35FN6O3. The van der Waals surface area contributed by atoms with Gasteiger partial charge in [0.05, 0.1) is 36.5 Å². The third kappa shape index (κ3) is 5.53. The largest absolute Gasteiger partial charge is 0.389 e. The van der Waals surface area contributed by atoms with Gasteiger partial charge in [-0.2, -0.15) is 5.26 Å². The highest BCUT2D eigenvalue weighted by Crippen LogP contribution is 2.29. The molecule has 3 aromatic rings. The smallest absolute Gasteiger partial charge is 0.223 e. The van der Waals surface area contributed by atoms with Gasteiger partial charge in [-0.25, -0.2) is 14.4 Å². The van der Waals surface area contributed by atoms with E-state index in [1.807, 2.05) is 13.0 Å². The van der Waals surface area contributed by atoms with Gasteiger partial charge in [0, 0.05) is 47.3 Å². The summed E-state index contributed by atoms with van der Waals surface area (Å²) in [5, 5.41) is 23.2. The lowest BCUT2D eigenvalue weighted by atomic mass is 9.98. The van der Waals surface area contributed by atoms with Crippen LogP contribution in [0, 0.1) is 30.0 Å². The van der Waals surface area contributed by atoms with Crippen molar-refractivity contribution in [3.63, 3.8) is 0 Å². The molecular weight excluding hydrogens is 499 g/mol. The zero-order chi connectivity index (χ0) is 27.7. The first-order valence-corrected chi connectivity index (χ1v) is 13.6. The number of halogens is 1. The molecule has 39 heavy (non-hydrogen) atoms. The Hall–Kier alpha value is -3.39. The van der Waals surface area contributed by atoms with E-state index in [4.69, 9.17) is 4.74 Å². The van der Waals surface area contributed by atoms with Crippen LogP contribution >= 0.6 is 0 Å². The van der Waals surface area contributed by atoms with E-state index in [1.165, 1.54) is 0 Å². The van der Waals surface area contributed by atoms with Crippen LogP contribution in [0.5, 0.6) is 0 Å². The summed E-state index contributed by atoms with van der Waals surface area (Å²) in [5.74, 6) is -0.256. The number of nitrogens with one attached hydrogen (secondary N) is 1. The molecule has 1 aromatic carbocycles. The van der Waals surface area contributed by atoms with Crippen molar-refractivity contribution in [3.8, 4) is 17.3 Å². The van der Waals surface area contributed by atoms with Gasteiger partial charge in [-0.05, 0) is 65.3 Å². The molecule has 2 N–H and O–H groups in total. The van der Waals surface area contributed by atoms with Gasteiger partial charge >= 0.3 is 0 Å². The summed E-state index contributed by atoms with van der Waals surface area (Å²) in [4.78, 5) is 24.3. The van der Waals surface area contributed by atoms with E-state index in [-0.39, 0.29) is 41.7 Å². The molecule has 5 rings (SSSR count). The van der Waals surface area contributed by atoms with Crippen molar-refractivity contribution in [2.45, 2.75) is 64.8 Å². The van der Waals surface area contributed by atoms with Gasteiger partial charge in [0.2, 0.25) is 5.95 Å². The normalized spacial score (nSPS) is 20.8. The number of aliphatic hydroxyl groups excluding tert-OH is 1. The molecule has 2 atom stereocenters. The molecule has 0 bridgehead atoms. The second-order valence-corrected chi connectivity index (χ2v) is 10.8. The predicted octanol–water partition coefficient (Wildman–Crippen LogP) is 3.78. The van der Waals surface area contributed by atoms with Crippen molar-refractivity contribution in [2.24, 2.45) is 5.92 Å². The second-order valence-electron chi connectivity index (χ2n) is 10.8. The van der Waals surface area contributed by atoms with E-state index in [0.29, 0.717) is 36.1 Å². The minimum Gasteiger partial charge on any atom is -0.389 e. The first kappa shape index (κ1) is 27.2. The van der Waals surface area contributed by atoms with Crippen LogP contribution in [0.1, 0.15) is 50.4 Å². The molecule has 0 amide bonds. The zero-order valence-corrected chi connectivity index (χ0v) is 22.7. The Labute approximate surface area is 227 Å². The summed E-state index contributed by atoms with van der Waals surface area (Å²) < 4.78 is 22.5. The van der Waals surface area contributed by atoms with E-state index in [9.17, 15) is 15.2 Å². The van der Waals surface area contributed by atoms with Gasteiger partial charge in [-0.3, -0.25) is 9.69 Å². The van der Waals surface area contributed by atoms with Gasteiger partial charge < -0.3 is 19.7 Å². The fourth-order valence-corrected chi connectivity index (χ4v) is 5.64. The molecule has 9 nitrogen and oxygen atoms in total. The quantitative estimate of drug-likeness (QED) is 0.491. The number of piperidine rings is 1. The number of aromatic nitrogens is 3. The lowest BCUT2D eigenvalue weighted by molar-refractivity contribution is -0.0136. The molecule has 2 aliphatic heterocycles. The molecule has 206 valence electrons. The summed E-state index contributed by atoms with van der Waals surface area (Å²) in [6.45, 7) is 9.00. The Bertz CT molecular complexity index is 1460. The third-order valence-corrected chi connectivity index (χ3v) is 7.88. The Kier molecular flexibility index (Phi) is 7.93. The minimum atomic E-state index is -0.704. The van der Waals surface area contributed by atoms with Gasteiger partial charge in [0.1, 0.15) is 5.69 Å². The van der Waals surface area contributed by atoms with Gasteiger partial charge in [-0.15, -0.1) is 0 Å². The van der Waals surface area contributed by atoms with E-state index >= 15 is 4.39 Å². The number of aliphatic hydroxyl groups is 1. The van der Waals surface area contributed by atoms with Gasteiger partial charge in [-0.1, -0.05) is 6.07 Å². The average molecular weight is 535 g/mol. The highest BCUT2D eigenvalue weighted by atomic mass is 19.1. The van der Waals surface area contributed by atoms with Crippen molar-refractivity contribution in [3.05, 3.63) is 51.7 Å². The number of hydrogen-bond donors (Lipinski definition) is 2. The SMILES string of the molecule is Cc1c(CN2CCC(C#N)CC2)n(C(C)C)c2cc(-c3nc(N[C@@H]4CCOC[C@H]4O)ncc3F)ccc2c1=O. The maximum absolute atomic E-state index is 15.0. The van der Waals surface area contributed by atoms with Crippen molar-refractivity contribution in [1.29, 1.82) is 5.26 Å².